The van der Waals surface area contributed by atoms with Crippen LogP contribution in [0.2, 0.25) is 0 Å². The summed E-state index contributed by atoms with van der Waals surface area (Å²) < 4.78 is 23.3. The molecule has 3 saturated heterocycles. The van der Waals surface area contributed by atoms with Crippen LogP contribution in [0.4, 0.5) is 11.6 Å². The summed E-state index contributed by atoms with van der Waals surface area (Å²) in [5, 5.41) is 2.73. The fourth-order valence-electron chi connectivity index (χ4n) is 3.75. The molecule has 1 N–H and O–H groups in total. The Morgan fingerprint density at radius 2 is 1.79 bits per heavy atom. The van der Waals surface area contributed by atoms with Crippen LogP contribution in [0.3, 0.4) is 0 Å². The van der Waals surface area contributed by atoms with E-state index < -0.39 is 15.7 Å². The van der Waals surface area contributed by atoms with Gasteiger partial charge in [0.05, 0.1) is 23.0 Å². The Bertz CT molecular complexity index is 976. The quantitative estimate of drug-likeness (QED) is 0.779. The highest BCUT2D eigenvalue weighted by Crippen LogP contribution is 2.24. The monoisotopic (exact) mass is 437 g/mol. The van der Waals surface area contributed by atoms with E-state index in [4.69, 9.17) is 0 Å². The van der Waals surface area contributed by atoms with Gasteiger partial charge < -0.3 is 15.1 Å². The van der Waals surface area contributed by atoms with Crippen LogP contribution in [-0.4, -0.2) is 67.7 Å². The SMILES string of the molecule is CS(=O)(=O)c1cccc(C(=O)Nc2cnc(N3CCN4CCC3CC4)nc2)c1.Cl. The summed E-state index contributed by atoms with van der Waals surface area (Å²) in [6, 6.07) is 6.42. The van der Waals surface area contributed by atoms with Gasteiger partial charge in [-0.05, 0) is 31.0 Å². The molecule has 0 radical (unpaired) electrons. The maximum atomic E-state index is 12.5. The van der Waals surface area contributed by atoms with E-state index in [0.717, 1.165) is 45.3 Å². The third-order valence-electron chi connectivity index (χ3n) is 5.33. The van der Waals surface area contributed by atoms with Gasteiger partial charge in [-0.3, -0.25) is 4.79 Å². The highest BCUT2D eigenvalue weighted by Gasteiger charge is 2.30. The normalized spacial score (nSPS) is 21.2. The molecule has 1 amide bonds. The van der Waals surface area contributed by atoms with Crippen LogP contribution in [0, 0.1) is 0 Å². The molecular formula is C19H24ClN5O3S. The van der Waals surface area contributed by atoms with Gasteiger partial charge in [-0.15, -0.1) is 12.4 Å². The molecule has 2 aromatic rings. The second-order valence-corrected chi connectivity index (χ2v) is 9.31. The van der Waals surface area contributed by atoms with Crippen LogP contribution in [0.5, 0.6) is 0 Å². The van der Waals surface area contributed by atoms with E-state index in [0.29, 0.717) is 17.7 Å². The van der Waals surface area contributed by atoms with Crippen molar-refractivity contribution in [3.8, 4) is 0 Å². The molecular weight excluding hydrogens is 414 g/mol. The second kappa shape index (κ2) is 8.64. The van der Waals surface area contributed by atoms with Gasteiger partial charge in [-0.25, -0.2) is 18.4 Å². The van der Waals surface area contributed by atoms with E-state index >= 15 is 0 Å². The molecule has 8 nitrogen and oxygen atoms in total. The Morgan fingerprint density at radius 1 is 1.10 bits per heavy atom. The predicted octanol–water partition coefficient (Wildman–Crippen LogP) is 1.84. The van der Waals surface area contributed by atoms with Crippen LogP contribution in [0.1, 0.15) is 23.2 Å². The van der Waals surface area contributed by atoms with Crippen molar-refractivity contribution in [3.05, 3.63) is 42.2 Å². The van der Waals surface area contributed by atoms with E-state index in [-0.39, 0.29) is 22.9 Å². The second-order valence-electron chi connectivity index (χ2n) is 7.29. The summed E-state index contributed by atoms with van der Waals surface area (Å²) in [6.07, 6.45) is 6.55. The first-order valence-corrected chi connectivity index (χ1v) is 11.2. The number of amides is 1. The smallest absolute Gasteiger partial charge is 0.255 e. The van der Waals surface area contributed by atoms with E-state index in [1.165, 1.54) is 12.1 Å². The zero-order valence-electron chi connectivity index (χ0n) is 16.1. The number of rotatable bonds is 4. The number of carbonyl (C=O) groups is 1. The van der Waals surface area contributed by atoms with Gasteiger partial charge in [0.15, 0.2) is 9.84 Å². The Morgan fingerprint density at radius 3 is 2.45 bits per heavy atom. The minimum atomic E-state index is -3.37. The number of piperidine rings is 1. The number of halogens is 1. The fourth-order valence-corrected chi connectivity index (χ4v) is 4.42. The number of sulfone groups is 1. The van der Waals surface area contributed by atoms with Gasteiger partial charge in [0.2, 0.25) is 5.95 Å². The molecule has 3 aliphatic rings. The zero-order chi connectivity index (χ0) is 19.7. The lowest BCUT2D eigenvalue weighted by atomic mass is 10.1. The molecule has 0 aliphatic carbocycles. The van der Waals surface area contributed by atoms with Crippen molar-refractivity contribution in [2.24, 2.45) is 0 Å². The maximum absolute atomic E-state index is 12.5. The van der Waals surface area contributed by atoms with Crippen LogP contribution in [0.25, 0.3) is 0 Å². The molecule has 1 aromatic carbocycles. The summed E-state index contributed by atoms with van der Waals surface area (Å²) in [6.45, 7) is 4.19. The number of fused-ring (bicyclic) bond motifs is 4. The Hall–Kier alpha value is -2.23. The predicted molar refractivity (Wildman–Crippen MR) is 114 cm³/mol. The average Bonchev–Trinajstić information content (AvgIpc) is 3.02. The van der Waals surface area contributed by atoms with Crippen molar-refractivity contribution in [2.45, 2.75) is 23.8 Å². The number of carbonyl (C=O) groups excluding carboxylic acids is 1. The van der Waals surface area contributed by atoms with Crippen LogP contribution < -0.4 is 10.2 Å². The van der Waals surface area contributed by atoms with Crippen LogP contribution in [0.15, 0.2) is 41.6 Å². The van der Waals surface area contributed by atoms with Crippen molar-refractivity contribution >= 4 is 39.8 Å². The minimum Gasteiger partial charge on any atom is -0.336 e. The Labute approximate surface area is 176 Å². The first kappa shape index (κ1) is 21.5. The summed E-state index contributed by atoms with van der Waals surface area (Å²) in [5.41, 5.74) is 0.743. The number of aromatic nitrogens is 2. The number of anilines is 2. The zero-order valence-corrected chi connectivity index (χ0v) is 17.7. The number of hydrogen-bond donors (Lipinski definition) is 1. The molecule has 5 rings (SSSR count). The minimum absolute atomic E-state index is 0. The van der Waals surface area contributed by atoms with Crippen molar-refractivity contribution in [2.75, 3.05) is 42.7 Å². The molecule has 156 valence electrons. The third-order valence-corrected chi connectivity index (χ3v) is 6.44. The Kier molecular flexibility index (Phi) is 6.40. The summed E-state index contributed by atoms with van der Waals surface area (Å²) >= 11 is 0. The number of nitrogens with zero attached hydrogens (tertiary/aromatic N) is 4. The molecule has 0 saturated carbocycles. The van der Waals surface area contributed by atoms with Gasteiger partial charge in [0.25, 0.3) is 5.91 Å². The summed E-state index contributed by atoms with van der Waals surface area (Å²) in [5.74, 6) is 0.286. The lowest BCUT2D eigenvalue weighted by Crippen LogP contribution is -2.38. The topological polar surface area (TPSA) is 95.5 Å². The van der Waals surface area contributed by atoms with Crippen molar-refractivity contribution in [1.82, 2.24) is 14.9 Å². The van der Waals surface area contributed by atoms with Crippen LogP contribution >= 0.6 is 12.4 Å². The third kappa shape index (κ3) is 4.85. The van der Waals surface area contributed by atoms with Gasteiger partial charge in [-0.1, -0.05) is 6.07 Å². The number of hydrogen-bond acceptors (Lipinski definition) is 7. The first-order valence-electron chi connectivity index (χ1n) is 9.33. The van der Waals surface area contributed by atoms with Crippen molar-refractivity contribution in [3.63, 3.8) is 0 Å². The molecule has 0 unspecified atom stereocenters. The molecule has 29 heavy (non-hydrogen) atoms. The van der Waals surface area contributed by atoms with Gasteiger partial charge >= 0.3 is 0 Å². The largest absolute Gasteiger partial charge is 0.336 e. The van der Waals surface area contributed by atoms with Crippen LogP contribution in [-0.2, 0) is 9.84 Å². The molecule has 3 fully saturated rings. The van der Waals surface area contributed by atoms with E-state index in [1.807, 2.05) is 0 Å². The van der Waals surface area contributed by atoms with Gasteiger partial charge in [0.1, 0.15) is 0 Å². The van der Waals surface area contributed by atoms with E-state index in [2.05, 4.69) is 25.1 Å². The lowest BCUT2D eigenvalue weighted by molar-refractivity contribution is 0.102. The first-order chi connectivity index (χ1) is 13.4. The standard InChI is InChI=1S/C19H23N5O3S.ClH/c1-28(26,27)17-4-2-3-14(11-17)18(25)22-15-12-20-19(21-13-15)24-10-9-23-7-5-16(24)6-8-23;/h2-4,11-13,16H,5-10H2,1H3,(H,22,25);1H. The van der Waals surface area contributed by atoms with E-state index in [1.54, 1.807) is 24.5 Å². The molecule has 2 bridgehead atoms. The summed E-state index contributed by atoms with van der Waals surface area (Å²) in [7, 11) is -3.37. The Balaban J connectivity index is 0.00000240. The highest BCUT2D eigenvalue weighted by atomic mass is 35.5. The fraction of sp³-hybridized carbons (Fsp3) is 0.421. The lowest BCUT2D eigenvalue weighted by Gasteiger charge is -2.31. The van der Waals surface area contributed by atoms with Gasteiger partial charge in [-0.2, -0.15) is 0 Å². The molecule has 10 heteroatoms. The molecule has 4 heterocycles. The number of nitrogens with one attached hydrogen (secondary N) is 1. The summed E-state index contributed by atoms with van der Waals surface area (Å²) in [4.78, 5) is 26.2. The molecule has 3 aliphatic heterocycles. The molecule has 0 spiro atoms. The number of benzene rings is 1. The van der Waals surface area contributed by atoms with Crippen molar-refractivity contribution < 1.29 is 13.2 Å². The maximum Gasteiger partial charge on any atom is 0.255 e. The highest BCUT2D eigenvalue weighted by molar-refractivity contribution is 7.90. The average molecular weight is 438 g/mol. The van der Waals surface area contributed by atoms with Crippen molar-refractivity contribution in [1.29, 1.82) is 0 Å². The molecule has 0 atom stereocenters. The van der Waals surface area contributed by atoms with E-state index in [9.17, 15) is 13.2 Å². The van der Waals surface area contributed by atoms with Gasteiger partial charge in [0, 0.05) is 44.0 Å². The molecule has 1 aromatic heterocycles.